The number of aryl methyl sites for hydroxylation is 2. The van der Waals surface area contributed by atoms with Crippen molar-refractivity contribution in [1.29, 1.82) is 0 Å². The fourth-order valence-corrected chi connectivity index (χ4v) is 4.85. The lowest BCUT2D eigenvalue weighted by molar-refractivity contribution is -0.685. The smallest absolute Gasteiger partial charge is 0.191 e. The van der Waals surface area contributed by atoms with E-state index in [9.17, 15) is 0 Å². The van der Waals surface area contributed by atoms with E-state index in [1.54, 1.807) is 0 Å². The molecular formula is C30H30N+. The van der Waals surface area contributed by atoms with E-state index in [1.807, 2.05) is 0 Å². The van der Waals surface area contributed by atoms with Crippen LogP contribution in [0.4, 0.5) is 0 Å². The van der Waals surface area contributed by atoms with Crippen LogP contribution in [-0.4, -0.2) is 0 Å². The van der Waals surface area contributed by atoms with Crippen molar-refractivity contribution in [3.63, 3.8) is 0 Å². The molecule has 0 fully saturated rings. The molecule has 1 aliphatic carbocycles. The molecule has 1 nitrogen and oxygen atoms in total. The van der Waals surface area contributed by atoms with Gasteiger partial charge in [-0.15, -0.1) is 0 Å². The van der Waals surface area contributed by atoms with Crippen LogP contribution < -0.4 is 4.57 Å². The van der Waals surface area contributed by atoms with Crippen molar-refractivity contribution in [1.82, 2.24) is 0 Å². The van der Waals surface area contributed by atoms with Crippen LogP contribution in [0, 0.1) is 6.92 Å². The lowest BCUT2D eigenvalue weighted by Crippen LogP contribution is -2.42. The van der Waals surface area contributed by atoms with Gasteiger partial charge in [0.25, 0.3) is 0 Å². The second kappa shape index (κ2) is 8.51. The number of aromatic nitrogens is 1. The van der Waals surface area contributed by atoms with Crippen molar-refractivity contribution in [2.45, 2.75) is 46.1 Å². The van der Waals surface area contributed by atoms with Gasteiger partial charge in [0.05, 0.1) is 5.56 Å². The number of hydrogen-bond donors (Lipinski definition) is 0. The highest BCUT2D eigenvalue weighted by atomic mass is 15.0. The van der Waals surface area contributed by atoms with Crippen LogP contribution in [0.1, 0.15) is 47.7 Å². The summed E-state index contributed by atoms with van der Waals surface area (Å²) in [5.74, 6) is 0. The van der Waals surface area contributed by atoms with Crippen LogP contribution in [0.15, 0.2) is 84.9 Å². The van der Waals surface area contributed by atoms with Gasteiger partial charge in [-0.05, 0) is 36.1 Å². The number of nitrogens with zero attached hydrogens (tertiary/aromatic N) is 1. The van der Waals surface area contributed by atoms with E-state index in [4.69, 9.17) is 0 Å². The minimum Gasteiger partial charge on any atom is -0.191 e. The Morgan fingerprint density at radius 1 is 0.806 bits per heavy atom. The Morgan fingerprint density at radius 2 is 1.55 bits per heavy atom. The highest BCUT2D eigenvalue weighted by molar-refractivity contribution is 5.80. The summed E-state index contributed by atoms with van der Waals surface area (Å²) in [5, 5.41) is 0. The summed E-state index contributed by atoms with van der Waals surface area (Å²) in [4.78, 5) is 0. The molecular weight excluding hydrogens is 374 g/mol. The first-order chi connectivity index (χ1) is 15.2. The van der Waals surface area contributed by atoms with Gasteiger partial charge < -0.3 is 0 Å². The molecule has 3 aromatic carbocycles. The minimum absolute atomic E-state index is 0.922. The largest absolute Gasteiger partial charge is 0.217 e. The maximum absolute atomic E-state index is 2.61. The third-order valence-corrected chi connectivity index (χ3v) is 6.51. The predicted octanol–water partition coefficient (Wildman–Crippen LogP) is 6.91. The van der Waals surface area contributed by atoms with E-state index >= 15 is 0 Å². The van der Waals surface area contributed by atoms with Crippen LogP contribution in [0.2, 0.25) is 0 Å². The molecule has 0 unspecified atom stereocenters. The van der Waals surface area contributed by atoms with E-state index in [0.29, 0.717) is 0 Å². The van der Waals surface area contributed by atoms with Crippen LogP contribution in [0.5, 0.6) is 0 Å². The molecule has 1 heteroatoms. The van der Waals surface area contributed by atoms with Crippen molar-refractivity contribution in [3.05, 3.63) is 113 Å². The third kappa shape index (κ3) is 3.81. The number of pyridine rings is 1. The first-order valence-electron chi connectivity index (χ1n) is 11.5. The Labute approximate surface area is 186 Å². The number of fused-ring (bicyclic) bond motifs is 3. The summed E-state index contributed by atoms with van der Waals surface area (Å²) in [5.41, 5.74) is 12.6. The molecule has 0 bridgehead atoms. The van der Waals surface area contributed by atoms with Crippen LogP contribution in [0.25, 0.3) is 22.4 Å². The zero-order chi connectivity index (χ0) is 21.2. The van der Waals surface area contributed by atoms with Crippen molar-refractivity contribution in [2.24, 2.45) is 0 Å². The molecule has 0 radical (unpaired) electrons. The molecule has 0 aliphatic heterocycles. The predicted molar refractivity (Wildman–Crippen MR) is 129 cm³/mol. The monoisotopic (exact) mass is 404 g/mol. The van der Waals surface area contributed by atoms with E-state index in [2.05, 4.69) is 103 Å². The zero-order valence-corrected chi connectivity index (χ0v) is 18.6. The molecule has 4 aromatic rings. The van der Waals surface area contributed by atoms with Gasteiger partial charge in [0.15, 0.2) is 12.2 Å². The summed E-state index contributed by atoms with van der Waals surface area (Å²) in [6.45, 7) is 5.36. The lowest BCUT2D eigenvalue weighted by atomic mass is 9.96. The maximum Gasteiger partial charge on any atom is 0.217 e. The van der Waals surface area contributed by atoms with Gasteiger partial charge in [-0.25, -0.2) is 0 Å². The molecule has 0 saturated heterocycles. The van der Waals surface area contributed by atoms with Gasteiger partial charge in [-0.3, -0.25) is 0 Å². The zero-order valence-electron chi connectivity index (χ0n) is 18.6. The van der Waals surface area contributed by atoms with Gasteiger partial charge in [-0.1, -0.05) is 91.7 Å². The third-order valence-electron chi connectivity index (χ3n) is 6.51. The molecule has 1 heterocycles. The molecule has 31 heavy (non-hydrogen) atoms. The van der Waals surface area contributed by atoms with E-state index in [1.165, 1.54) is 63.2 Å². The van der Waals surface area contributed by atoms with Crippen molar-refractivity contribution in [2.75, 3.05) is 0 Å². The fourth-order valence-electron chi connectivity index (χ4n) is 4.85. The highest BCUT2D eigenvalue weighted by Crippen LogP contribution is 2.40. The molecule has 154 valence electrons. The lowest BCUT2D eigenvalue weighted by Gasteiger charge is -2.14. The Hall–Kier alpha value is -3.19. The van der Waals surface area contributed by atoms with E-state index < -0.39 is 0 Å². The average Bonchev–Trinajstić information content (AvgIpc) is 3.20. The van der Waals surface area contributed by atoms with Crippen LogP contribution in [-0.2, 0) is 19.4 Å². The standard InChI is InChI=1S/C30H30N/c1-3-4-13-26-20-28(24-10-6-5-7-11-24)29-19-25-12-8-9-14-27(25)30(29)31(26)21-23-17-15-22(2)16-18-23/h5-12,14-18,20H,3-4,13,19,21H2,1-2H3/q+1. The van der Waals surface area contributed by atoms with Gasteiger partial charge in [0.2, 0.25) is 5.69 Å². The first kappa shape index (κ1) is 19.8. The van der Waals surface area contributed by atoms with Gasteiger partial charge >= 0.3 is 0 Å². The summed E-state index contributed by atoms with van der Waals surface area (Å²) < 4.78 is 2.61. The quantitative estimate of drug-likeness (QED) is 0.271. The maximum atomic E-state index is 2.61. The van der Waals surface area contributed by atoms with Gasteiger partial charge in [-0.2, -0.15) is 4.57 Å². The molecule has 0 N–H and O–H groups in total. The number of rotatable bonds is 6. The number of benzene rings is 3. The Bertz CT molecular complexity index is 1200. The first-order valence-corrected chi connectivity index (χ1v) is 11.5. The van der Waals surface area contributed by atoms with Crippen molar-refractivity contribution >= 4 is 0 Å². The van der Waals surface area contributed by atoms with Crippen molar-refractivity contribution < 1.29 is 4.57 Å². The number of unbranched alkanes of at least 4 members (excludes halogenated alkanes) is 1. The summed E-state index contributed by atoms with van der Waals surface area (Å²) in [7, 11) is 0. The molecule has 0 saturated carbocycles. The Morgan fingerprint density at radius 3 is 2.32 bits per heavy atom. The van der Waals surface area contributed by atoms with E-state index in [-0.39, 0.29) is 0 Å². The fraction of sp³-hybridized carbons (Fsp3) is 0.233. The second-order valence-electron chi connectivity index (χ2n) is 8.75. The summed E-state index contributed by atoms with van der Waals surface area (Å²) in [6, 6.07) is 31.4. The summed E-state index contributed by atoms with van der Waals surface area (Å²) >= 11 is 0. The highest BCUT2D eigenvalue weighted by Gasteiger charge is 2.33. The second-order valence-corrected chi connectivity index (χ2v) is 8.75. The topological polar surface area (TPSA) is 3.88 Å². The number of hydrogen-bond acceptors (Lipinski definition) is 0. The van der Waals surface area contributed by atoms with Gasteiger partial charge in [0.1, 0.15) is 0 Å². The van der Waals surface area contributed by atoms with Crippen LogP contribution in [0.3, 0.4) is 0 Å². The Kier molecular flexibility index (Phi) is 5.42. The SMILES string of the molecule is CCCCc1cc(-c2ccccc2)c2c([n+]1Cc1ccc(C)cc1)-c1ccccc1C2. The summed E-state index contributed by atoms with van der Waals surface area (Å²) in [6.07, 6.45) is 4.54. The normalized spacial score (nSPS) is 11.9. The molecule has 0 spiro atoms. The molecule has 1 aliphatic rings. The van der Waals surface area contributed by atoms with Gasteiger partial charge in [0, 0.05) is 30.0 Å². The Balaban J connectivity index is 1.74. The molecule has 5 rings (SSSR count). The average molecular weight is 405 g/mol. The molecule has 1 aromatic heterocycles. The minimum atomic E-state index is 0.922. The molecule has 0 amide bonds. The van der Waals surface area contributed by atoms with E-state index in [0.717, 1.165) is 19.4 Å². The van der Waals surface area contributed by atoms with Crippen LogP contribution >= 0.6 is 0 Å². The molecule has 0 atom stereocenters. The van der Waals surface area contributed by atoms with Crippen molar-refractivity contribution in [3.8, 4) is 22.4 Å².